The fourth-order valence-corrected chi connectivity index (χ4v) is 2.77. The first kappa shape index (κ1) is 14.4. The van der Waals surface area contributed by atoms with Crippen LogP contribution >= 0.6 is 0 Å². The third-order valence-electron chi connectivity index (χ3n) is 4.37. The van der Waals surface area contributed by atoms with Crippen LogP contribution in [0.1, 0.15) is 54.9 Å². The molecule has 0 heterocycles. The number of carbonyl (C=O) groups excluding carboxylic acids is 1. The quantitative estimate of drug-likeness (QED) is 0.826. The lowest BCUT2D eigenvalue weighted by Gasteiger charge is -2.24. The van der Waals surface area contributed by atoms with Gasteiger partial charge in [-0.3, -0.25) is 4.79 Å². The van der Waals surface area contributed by atoms with Crippen LogP contribution in [0.5, 0.6) is 0 Å². The summed E-state index contributed by atoms with van der Waals surface area (Å²) < 4.78 is 0. The van der Waals surface area contributed by atoms with Crippen LogP contribution in [0.2, 0.25) is 0 Å². The van der Waals surface area contributed by atoms with Gasteiger partial charge in [0.05, 0.1) is 5.56 Å². The molecule has 21 heavy (non-hydrogen) atoms. The highest BCUT2D eigenvalue weighted by Crippen LogP contribution is 2.36. The predicted molar refractivity (Wildman–Crippen MR) is 86.7 cm³/mol. The summed E-state index contributed by atoms with van der Waals surface area (Å²) in [6.07, 6.45) is 6.02. The van der Waals surface area contributed by atoms with Crippen molar-refractivity contribution in [3.8, 4) is 0 Å². The maximum absolute atomic E-state index is 13.0. The normalized spacial score (nSPS) is 17.6. The van der Waals surface area contributed by atoms with Crippen LogP contribution in [0, 0.1) is 12.8 Å². The number of hydrogen-bond donors (Lipinski definition) is 1. The van der Waals surface area contributed by atoms with Crippen LogP contribution < -0.4 is 5.32 Å². The Morgan fingerprint density at radius 1 is 1.29 bits per heavy atom. The van der Waals surface area contributed by atoms with Crippen molar-refractivity contribution in [1.29, 1.82) is 0 Å². The largest absolute Gasteiger partial charge is 0.384 e. The molecule has 1 N–H and O–H groups in total. The maximum Gasteiger partial charge on any atom is 0.256 e. The molecule has 2 aliphatic rings. The fraction of sp³-hybridized carbons (Fsp3) is 0.611. The Morgan fingerprint density at radius 2 is 2.05 bits per heavy atom. The summed E-state index contributed by atoms with van der Waals surface area (Å²) in [5, 5.41) is 3.41. The molecule has 0 bridgehead atoms. The molecule has 2 fully saturated rings. The van der Waals surface area contributed by atoms with Gasteiger partial charge in [-0.05, 0) is 57.1 Å². The smallest absolute Gasteiger partial charge is 0.256 e. The van der Waals surface area contributed by atoms with E-state index in [4.69, 9.17) is 0 Å². The van der Waals surface area contributed by atoms with Gasteiger partial charge in [0, 0.05) is 24.8 Å². The molecular formula is C18H26N2O. The van der Waals surface area contributed by atoms with E-state index in [1.807, 2.05) is 6.07 Å². The zero-order valence-corrected chi connectivity index (χ0v) is 13.2. The Labute approximate surface area is 127 Å². The maximum atomic E-state index is 13.0. The SMILES string of the molecule is CCCNc1ccc(C)cc1C(=O)N(CC1CC1)C1CC1. The number of anilines is 1. The van der Waals surface area contributed by atoms with Gasteiger partial charge in [-0.1, -0.05) is 18.6 Å². The molecule has 0 atom stereocenters. The summed E-state index contributed by atoms with van der Waals surface area (Å²) in [6.45, 7) is 6.08. The standard InChI is InChI=1S/C18H26N2O/c1-3-10-19-17-9-4-13(2)11-16(17)18(21)20(15-7-8-15)12-14-5-6-14/h4,9,11,14-15,19H,3,5-8,10,12H2,1-2H3. The zero-order chi connectivity index (χ0) is 14.8. The number of nitrogens with one attached hydrogen (secondary N) is 1. The van der Waals surface area contributed by atoms with Crippen molar-refractivity contribution in [3.63, 3.8) is 0 Å². The molecule has 1 aromatic rings. The van der Waals surface area contributed by atoms with Gasteiger partial charge in [0.25, 0.3) is 5.91 Å². The van der Waals surface area contributed by atoms with E-state index in [-0.39, 0.29) is 5.91 Å². The molecule has 0 aromatic heterocycles. The molecule has 0 unspecified atom stereocenters. The molecule has 2 saturated carbocycles. The van der Waals surface area contributed by atoms with Crippen LogP contribution in [0.3, 0.4) is 0 Å². The average molecular weight is 286 g/mol. The fourth-order valence-electron chi connectivity index (χ4n) is 2.77. The Hall–Kier alpha value is -1.51. The van der Waals surface area contributed by atoms with E-state index in [0.29, 0.717) is 6.04 Å². The van der Waals surface area contributed by atoms with Crippen molar-refractivity contribution >= 4 is 11.6 Å². The Morgan fingerprint density at radius 3 is 2.67 bits per heavy atom. The minimum absolute atomic E-state index is 0.228. The van der Waals surface area contributed by atoms with Gasteiger partial charge in [0.2, 0.25) is 0 Å². The molecule has 114 valence electrons. The molecule has 1 amide bonds. The minimum atomic E-state index is 0.228. The summed E-state index contributed by atoms with van der Waals surface area (Å²) in [7, 11) is 0. The Kier molecular flexibility index (Phi) is 4.18. The number of nitrogens with zero attached hydrogens (tertiary/aromatic N) is 1. The van der Waals surface area contributed by atoms with Crippen LogP contribution in [-0.4, -0.2) is 29.9 Å². The highest BCUT2D eigenvalue weighted by Gasteiger charge is 2.37. The van der Waals surface area contributed by atoms with Gasteiger partial charge >= 0.3 is 0 Å². The van der Waals surface area contributed by atoms with Gasteiger partial charge in [-0.15, -0.1) is 0 Å². The molecule has 0 saturated heterocycles. The summed E-state index contributed by atoms with van der Waals surface area (Å²) in [5.41, 5.74) is 3.01. The Balaban J connectivity index is 1.81. The molecule has 0 aliphatic heterocycles. The van der Waals surface area contributed by atoms with E-state index in [1.165, 1.54) is 25.7 Å². The lowest BCUT2D eigenvalue weighted by molar-refractivity contribution is 0.0735. The third kappa shape index (κ3) is 3.58. The number of benzene rings is 1. The van der Waals surface area contributed by atoms with Crippen LogP contribution in [-0.2, 0) is 0 Å². The van der Waals surface area contributed by atoms with E-state index >= 15 is 0 Å². The van der Waals surface area contributed by atoms with E-state index in [1.54, 1.807) is 0 Å². The first-order valence-electron chi connectivity index (χ1n) is 8.34. The number of rotatable bonds is 7. The number of aryl methyl sites for hydroxylation is 1. The van der Waals surface area contributed by atoms with Gasteiger partial charge in [-0.2, -0.15) is 0 Å². The first-order valence-corrected chi connectivity index (χ1v) is 8.34. The summed E-state index contributed by atoms with van der Waals surface area (Å²) in [4.78, 5) is 15.2. The molecular weight excluding hydrogens is 260 g/mol. The van der Waals surface area contributed by atoms with E-state index in [0.717, 1.165) is 42.2 Å². The van der Waals surface area contributed by atoms with Crippen LogP contribution in [0.15, 0.2) is 18.2 Å². The van der Waals surface area contributed by atoms with Crippen LogP contribution in [0.25, 0.3) is 0 Å². The molecule has 0 spiro atoms. The van der Waals surface area contributed by atoms with E-state index in [9.17, 15) is 4.79 Å². The van der Waals surface area contributed by atoms with Crippen LogP contribution in [0.4, 0.5) is 5.69 Å². The number of carbonyl (C=O) groups is 1. The lowest BCUT2D eigenvalue weighted by atomic mass is 10.1. The number of hydrogen-bond acceptors (Lipinski definition) is 2. The molecule has 1 aromatic carbocycles. The molecule has 3 rings (SSSR count). The first-order chi connectivity index (χ1) is 10.2. The van der Waals surface area contributed by atoms with Gasteiger partial charge in [0.1, 0.15) is 0 Å². The summed E-state index contributed by atoms with van der Waals surface area (Å²) in [6, 6.07) is 6.68. The topological polar surface area (TPSA) is 32.3 Å². The highest BCUT2D eigenvalue weighted by atomic mass is 16.2. The third-order valence-corrected chi connectivity index (χ3v) is 4.37. The lowest BCUT2D eigenvalue weighted by Crippen LogP contribution is -2.35. The van der Waals surface area contributed by atoms with Crippen molar-refractivity contribution in [2.24, 2.45) is 5.92 Å². The average Bonchev–Trinajstić information content (AvgIpc) is 3.36. The second-order valence-electron chi connectivity index (χ2n) is 6.61. The van der Waals surface area contributed by atoms with Crippen molar-refractivity contribution in [3.05, 3.63) is 29.3 Å². The summed E-state index contributed by atoms with van der Waals surface area (Å²) >= 11 is 0. The van der Waals surface area contributed by atoms with Crippen molar-refractivity contribution in [1.82, 2.24) is 4.90 Å². The Bertz CT molecular complexity index is 518. The predicted octanol–water partition coefficient (Wildman–Crippen LogP) is 3.83. The summed E-state index contributed by atoms with van der Waals surface area (Å²) in [5.74, 6) is 0.984. The second-order valence-corrected chi connectivity index (χ2v) is 6.61. The van der Waals surface area contributed by atoms with Gasteiger partial charge < -0.3 is 10.2 Å². The van der Waals surface area contributed by atoms with Crippen molar-refractivity contribution in [2.45, 2.75) is 52.0 Å². The van der Waals surface area contributed by atoms with Gasteiger partial charge in [-0.25, -0.2) is 0 Å². The monoisotopic (exact) mass is 286 g/mol. The van der Waals surface area contributed by atoms with Crippen molar-refractivity contribution < 1.29 is 4.79 Å². The molecule has 0 radical (unpaired) electrons. The van der Waals surface area contributed by atoms with Gasteiger partial charge in [0.15, 0.2) is 0 Å². The molecule has 3 heteroatoms. The van der Waals surface area contributed by atoms with E-state index in [2.05, 4.69) is 36.2 Å². The molecule has 2 aliphatic carbocycles. The molecule has 3 nitrogen and oxygen atoms in total. The zero-order valence-electron chi connectivity index (χ0n) is 13.2. The number of amides is 1. The minimum Gasteiger partial charge on any atom is -0.384 e. The second kappa shape index (κ2) is 6.08. The highest BCUT2D eigenvalue weighted by molar-refractivity contribution is 6.00. The van der Waals surface area contributed by atoms with Crippen molar-refractivity contribution in [2.75, 3.05) is 18.4 Å². The van der Waals surface area contributed by atoms with E-state index < -0.39 is 0 Å².